The van der Waals surface area contributed by atoms with Crippen LogP contribution in [-0.2, 0) is 16.1 Å². The molecule has 0 saturated carbocycles. The normalized spacial score (nSPS) is 13.8. The predicted molar refractivity (Wildman–Crippen MR) is 76.8 cm³/mol. The number of carbonyl (C=O) groups is 2. The standard InChI is InChI=1S/C14H19N3O4/c1-14(2,3)21-13(19)17-15-7-9-4-5-11-10(6-9)16-12(18)8-20-11/h4-6,15H,7-8H2,1-3H3,(H,16,18)(H,17,19). The monoisotopic (exact) mass is 293 g/mol. The van der Waals surface area contributed by atoms with Crippen LogP contribution < -0.4 is 20.9 Å². The van der Waals surface area contributed by atoms with Crippen molar-refractivity contribution in [3.05, 3.63) is 23.8 Å². The van der Waals surface area contributed by atoms with E-state index in [1.807, 2.05) is 6.07 Å². The summed E-state index contributed by atoms with van der Waals surface area (Å²) in [6, 6.07) is 5.41. The minimum absolute atomic E-state index is 0.0325. The molecule has 2 amide bonds. The molecule has 1 aromatic rings. The minimum Gasteiger partial charge on any atom is -0.482 e. The average molecular weight is 293 g/mol. The van der Waals surface area contributed by atoms with E-state index in [0.29, 0.717) is 18.0 Å². The van der Waals surface area contributed by atoms with Crippen molar-refractivity contribution >= 4 is 17.7 Å². The van der Waals surface area contributed by atoms with Gasteiger partial charge in [0.05, 0.1) is 5.69 Å². The first-order chi connectivity index (χ1) is 9.83. The second-order valence-corrected chi connectivity index (χ2v) is 5.65. The van der Waals surface area contributed by atoms with Gasteiger partial charge < -0.3 is 14.8 Å². The van der Waals surface area contributed by atoms with E-state index in [1.165, 1.54) is 0 Å². The second kappa shape index (κ2) is 6.01. The summed E-state index contributed by atoms with van der Waals surface area (Å²) in [6.45, 7) is 5.80. The summed E-state index contributed by atoms with van der Waals surface area (Å²) in [5.74, 6) is 0.456. The lowest BCUT2D eigenvalue weighted by atomic mass is 10.1. The van der Waals surface area contributed by atoms with Crippen molar-refractivity contribution in [1.82, 2.24) is 10.9 Å². The Balaban J connectivity index is 1.85. The molecule has 0 atom stereocenters. The first-order valence-corrected chi connectivity index (χ1v) is 6.61. The summed E-state index contributed by atoms with van der Waals surface area (Å²) in [6.07, 6.45) is -0.544. The number of hydrogen-bond donors (Lipinski definition) is 3. The molecule has 0 aliphatic carbocycles. The van der Waals surface area contributed by atoms with Crippen LogP contribution in [0, 0.1) is 0 Å². The average Bonchev–Trinajstić information content (AvgIpc) is 2.36. The Morgan fingerprint density at radius 2 is 2.19 bits per heavy atom. The molecule has 0 bridgehead atoms. The van der Waals surface area contributed by atoms with Gasteiger partial charge in [-0.1, -0.05) is 6.07 Å². The van der Waals surface area contributed by atoms with Crippen molar-refractivity contribution in [2.45, 2.75) is 32.9 Å². The van der Waals surface area contributed by atoms with Gasteiger partial charge in [-0.15, -0.1) is 0 Å². The highest BCUT2D eigenvalue weighted by Gasteiger charge is 2.17. The quantitative estimate of drug-likeness (QED) is 0.736. The molecule has 0 fully saturated rings. The third kappa shape index (κ3) is 4.64. The van der Waals surface area contributed by atoms with Crippen LogP contribution in [0.15, 0.2) is 18.2 Å². The van der Waals surface area contributed by atoms with Gasteiger partial charge in [0.1, 0.15) is 11.4 Å². The van der Waals surface area contributed by atoms with Crippen molar-refractivity contribution in [3.63, 3.8) is 0 Å². The Kier molecular flexibility index (Phi) is 4.32. The summed E-state index contributed by atoms with van der Waals surface area (Å²) in [7, 11) is 0. The number of carbonyl (C=O) groups excluding carboxylic acids is 2. The molecular weight excluding hydrogens is 274 g/mol. The van der Waals surface area contributed by atoms with E-state index in [0.717, 1.165) is 5.56 Å². The van der Waals surface area contributed by atoms with Gasteiger partial charge in [0.2, 0.25) is 0 Å². The van der Waals surface area contributed by atoms with Crippen LogP contribution in [0.25, 0.3) is 0 Å². The third-order valence-electron chi connectivity index (χ3n) is 2.56. The first-order valence-electron chi connectivity index (χ1n) is 6.61. The van der Waals surface area contributed by atoms with Gasteiger partial charge in [-0.2, -0.15) is 0 Å². The summed E-state index contributed by atoms with van der Waals surface area (Å²) >= 11 is 0. The van der Waals surface area contributed by atoms with Crippen LogP contribution in [0.4, 0.5) is 10.5 Å². The van der Waals surface area contributed by atoms with Crippen LogP contribution in [-0.4, -0.2) is 24.2 Å². The lowest BCUT2D eigenvalue weighted by Gasteiger charge is -2.20. The Bertz CT molecular complexity index is 552. The van der Waals surface area contributed by atoms with Crippen LogP contribution >= 0.6 is 0 Å². The molecule has 21 heavy (non-hydrogen) atoms. The molecule has 0 saturated heterocycles. The number of hydrazine groups is 1. The maximum Gasteiger partial charge on any atom is 0.422 e. The number of nitrogens with one attached hydrogen (secondary N) is 3. The van der Waals surface area contributed by atoms with Crippen molar-refractivity contribution in [2.75, 3.05) is 11.9 Å². The molecule has 1 heterocycles. The fourth-order valence-corrected chi connectivity index (χ4v) is 1.76. The molecule has 7 nitrogen and oxygen atoms in total. The minimum atomic E-state index is -0.544. The Hall–Kier alpha value is -2.28. The highest BCUT2D eigenvalue weighted by Crippen LogP contribution is 2.28. The number of ether oxygens (including phenoxy) is 2. The number of hydrogen-bond acceptors (Lipinski definition) is 5. The SMILES string of the molecule is CC(C)(C)OC(=O)NNCc1ccc2c(c1)NC(=O)CO2. The number of rotatable bonds is 3. The van der Waals surface area contributed by atoms with E-state index in [9.17, 15) is 9.59 Å². The molecule has 1 aliphatic heterocycles. The van der Waals surface area contributed by atoms with Crippen molar-refractivity contribution < 1.29 is 19.1 Å². The molecule has 0 aromatic heterocycles. The Morgan fingerprint density at radius 1 is 1.43 bits per heavy atom. The summed E-state index contributed by atoms with van der Waals surface area (Å²) < 4.78 is 10.4. The zero-order chi connectivity index (χ0) is 15.5. The van der Waals surface area contributed by atoms with Crippen molar-refractivity contribution in [3.8, 4) is 5.75 Å². The van der Waals surface area contributed by atoms with Crippen molar-refractivity contribution in [1.29, 1.82) is 0 Å². The van der Waals surface area contributed by atoms with E-state index < -0.39 is 11.7 Å². The first kappa shape index (κ1) is 15.1. The van der Waals surface area contributed by atoms with Gasteiger partial charge in [-0.05, 0) is 38.5 Å². The molecule has 1 aliphatic rings. The molecule has 0 spiro atoms. The van der Waals surface area contributed by atoms with Crippen LogP contribution in [0.2, 0.25) is 0 Å². The van der Waals surface area contributed by atoms with Crippen LogP contribution in [0.5, 0.6) is 5.75 Å². The van der Waals surface area contributed by atoms with E-state index in [1.54, 1.807) is 32.9 Å². The van der Waals surface area contributed by atoms with Gasteiger partial charge in [0, 0.05) is 6.54 Å². The summed E-state index contributed by atoms with van der Waals surface area (Å²) in [4.78, 5) is 22.7. The lowest BCUT2D eigenvalue weighted by molar-refractivity contribution is -0.118. The molecule has 1 aromatic carbocycles. The van der Waals surface area contributed by atoms with Gasteiger partial charge in [-0.3, -0.25) is 10.2 Å². The Labute approximate surface area is 123 Å². The van der Waals surface area contributed by atoms with Gasteiger partial charge in [-0.25, -0.2) is 10.2 Å². The van der Waals surface area contributed by atoms with Crippen LogP contribution in [0.1, 0.15) is 26.3 Å². The van der Waals surface area contributed by atoms with E-state index in [-0.39, 0.29) is 12.5 Å². The maximum absolute atomic E-state index is 11.5. The predicted octanol–water partition coefficient (Wildman–Crippen LogP) is 1.55. The largest absolute Gasteiger partial charge is 0.482 e. The molecular formula is C14H19N3O4. The van der Waals surface area contributed by atoms with E-state index in [2.05, 4.69) is 16.2 Å². The molecule has 7 heteroatoms. The highest BCUT2D eigenvalue weighted by atomic mass is 16.6. The summed E-state index contributed by atoms with van der Waals surface area (Å²) in [5.41, 5.74) is 6.18. The number of amides is 2. The summed E-state index contributed by atoms with van der Waals surface area (Å²) in [5, 5.41) is 2.73. The molecule has 2 rings (SSSR count). The van der Waals surface area contributed by atoms with Crippen molar-refractivity contribution in [2.24, 2.45) is 0 Å². The second-order valence-electron chi connectivity index (χ2n) is 5.65. The molecule has 3 N–H and O–H groups in total. The van der Waals surface area contributed by atoms with Gasteiger partial charge in [0.15, 0.2) is 6.61 Å². The fourth-order valence-electron chi connectivity index (χ4n) is 1.76. The highest BCUT2D eigenvalue weighted by molar-refractivity contribution is 5.95. The Morgan fingerprint density at radius 3 is 2.90 bits per heavy atom. The van der Waals surface area contributed by atoms with Gasteiger partial charge >= 0.3 is 6.09 Å². The van der Waals surface area contributed by atoms with E-state index in [4.69, 9.17) is 9.47 Å². The molecule has 0 unspecified atom stereocenters. The zero-order valence-electron chi connectivity index (χ0n) is 12.3. The third-order valence-corrected chi connectivity index (χ3v) is 2.56. The topological polar surface area (TPSA) is 88.7 Å². The fraction of sp³-hybridized carbons (Fsp3) is 0.429. The number of fused-ring (bicyclic) bond motifs is 1. The maximum atomic E-state index is 11.5. The number of anilines is 1. The molecule has 114 valence electrons. The van der Waals surface area contributed by atoms with E-state index >= 15 is 0 Å². The van der Waals surface area contributed by atoms with Crippen LogP contribution in [0.3, 0.4) is 0 Å². The smallest absolute Gasteiger partial charge is 0.422 e. The van der Waals surface area contributed by atoms with Gasteiger partial charge in [0.25, 0.3) is 5.91 Å². The molecule has 0 radical (unpaired) electrons. The number of benzene rings is 1. The zero-order valence-corrected chi connectivity index (χ0v) is 12.3. The lowest BCUT2D eigenvalue weighted by Crippen LogP contribution is -2.40.